The molecule has 0 aliphatic heterocycles. The molecule has 78 valence electrons. The molecule has 0 saturated heterocycles. The van der Waals surface area contributed by atoms with Crippen LogP contribution in [0.15, 0.2) is 16.6 Å². The predicted molar refractivity (Wildman–Crippen MR) is 53.5 cm³/mol. The van der Waals surface area contributed by atoms with E-state index in [1.165, 1.54) is 6.07 Å². The Hall–Kier alpha value is -0.0500. The first-order valence-corrected chi connectivity index (χ1v) is 5.07. The Morgan fingerprint density at radius 1 is 1.29 bits per heavy atom. The van der Waals surface area contributed by atoms with Crippen molar-refractivity contribution in [2.45, 2.75) is 6.36 Å². The van der Waals surface area contributed by atoms with Crippen molar-refractivity contribution in [2.24, 2.45) is 0 Å². The van der Waals surface area contributed by atoms with Gasteiger partial charge < -0.3 is 4.74 Å². The first-order valence-electron chi connectivity index (χ1n) is 3.20. The normalized spacial score (nSPS) is 11.6. The van der Waals surface area contributed by atoms with Crippen LogP contribution in [0.2, 0.25) is 0 Å². The fourth-order valence-corrected chi connectivity index (χ4v) is 2.07. The van der Waals surface area contributed by atoms with Crippen molar-refractivity contribution in [3.05, 3.63) is 26.0 Å². The van der Waals surface area contributed by atoms with Gasteiger partial charge in [0.1, 0.15) is 5.82 Å². The highest BCUT2D eigenvalue weighted by Crippen LogP contribution is 2.36. The molecule has 7 heteroatoms. The van der Waals surface area contributed by atoms with E-state index in [9.17, 15) is 17.6 Å². The lowest BCUT2D eigenvalue weighted by Crippen LogP contribution is -2.18. The minimum absolute atomic E-state index is 0.174. The van der Waals surface area contributed by atoms with Crippen LogP contribution >= 0.6 is 38.5 Å². The van der Waals surface area contributed by atoms with Gasteiger partial charge >= 0.3 is 6.36 Å². The molecule has 0 atom stereocenters. The van der Waals surface area contributed by atoms with Gasteiger partial charge in [-0.3, -0.25) is 0 Å². The van der Waals surface area contributed by atoms with Crippen molar-refractivity contribution in [2.75, 3.05) is 0 Å². The highest BCUT2D eigenvalue weighted by atomic mass is 127. The lowest BCUT2D eigenvalue weighted by Gasteiger charge is -2.12. The van der Waals surface area contributed by atoms with Crippen LogP contribution in [-0.4, -0.2) is 6.36 Å². The Morgan fingerprint density at radius 2 is 1.86 bits per heavy atom. The summed E-state index contributed by atoms with van der Waals surface area (Å²) in [5.74, 6) is -1.36. The number of benzene rings is 1. The SMILES string of the molecule is Fc1ccc(I)c(OC(F)(F)F)c1Br. The smallest absolute Gasteiger partial charge is 0.403 e. The van der Waals surface area contributed by atoms with E-state index in [0.29, 0.717) is 0 Å². The van der Waals surface area contributed by atoms with E-state index in [1.807, 2.05) is 0 Å². The van der Waals surface area contributed by atoms with Crippen LogP contribution in [0.3, 0.4) is 0 Å². The maximum absolute atomic E-state index is 12.8. The molecular formula is C7H2BrF4IO. The minimum atomic E-state index is -4.82. The highest BCUT2D eigenvalue weighted by molar-refractivity contribution is 14.1. The fourth-order valence-electron chi connectivity index (χ4n) is 0.718. The second-order valence-electron chi connectivity index (χ2n) is 2.22. The molecule has 0 spiro atoms. The van der Waals surface area contributed by atoms with E-state index in [0.717, 1.165) is 6.07 Å². The number of hydrogen-bond donors (Lipinski definition) is 0. The summed E-state index contributed by atoms with van der Waals surface area (Å²) in [4.78, 5) is 0. The number of alkyl halides is 3. The summed E-state index contributed by atoms with van der Waals surface area (Å²) in [6.07, 6.45) is -4.82. The molecule has 1 nitrogen and oxygen atoms in total. The zero-order valence-electron chi connectivity index (χ0n) is 6.33. The molecule has 0 aliphatic rings. The molecule has 0 heterocycles. The largest absolute Gasteiger partial charge is 0.573 e. The third-order valence-electron chi connectivity index (χ3n) is 1.22. The van der Waals surface area contributed by atoms with Gasteiger partial charge in [0.2, 0.25) is 0 Å². The van der Waals surface area contributed by atoms with E-state index in [1.54, 1.807) is 22.6 Å². The van der Waals surface area contributed by atoms with Gasteiger partial charge in [-0.2, -0.15) is 0 Å². The molecule has 0 saturated carbocycles. The van der Waals surface area contributed by atoms with Gasteiger partial charge in [-0.1, -0.05) is 0 Å². The quantitative estimate of drug-likeness (QED) is 0.402. The number of ether oxygens (including phenoxy) is 1. The van der Waals surface area contributed by atoms with Gasteiger partial charge in [0.05, 0.1) is 8.04 Å². The maximum atomic E-state index is 12.8. The van der Waals surface area contributed by atoms with E-state index in [4.69, 9.17) is 0 Å². The van der Waals surface area contributed by atoms with Crippen molar-refractivity contribution in [3.8, 4) is 5.75 Å². The standard InChI is InChI=1S/C7H2BrF4IO/c8-5-3(9)1-2-4(13)6(5)14-7(10,11)12/h1-2H. The molecule has 0 unspecified atom stereocenters. The fraction of sp³-hybridized carbons (Fsp3) is 0.143. The number of halogens is 6. The lowest BCUT2D eigenvalue weighted by molar-refractivity contribution is -0.275. The van der Waals surface area contributed by atoms with Gasteiger partial charge in [0.25, 0.3) is 0 Å². The Morgan fingerprint density at radius 3 is 2.36 bits per heavy atom. The van der Waals surface area contributed by atoms with Gasteiger partial charge in [-0.15, -0.1) is 13.2 Å². The average molecular weight is 385 g/mol. The average Bonchev–Trinajstić information content (AvgIpc) is 2.04. The monoisotopic (exact) mass is 384 g/mol. The number of hydrogen-bond acceptors (Lipinski definition) is 1. The molecule has 14 heavy (non-hydrogen) atoms. The van der Waals surface area contributed by atoms with Crippen molar-refractivity contribution < 1.29 is 22.3 Å². The van der Waals surface area contributed by atoms with Gasteiger partial charge in [0.15, 0.2) is 5.75 Å². The second kappa shape index (κ2) is 4.21. The van der Waals surface area contributed by atoms with E-state index in [-0.39, 0.29) is 8.04 Å². The third-order valence-corrected chi connectivity index (χ3v) is 2.81. The van der Waals surface area contributed by atoms with Crippen molar-refractivity contribution in [1.82, 2.24) is 0 Å². The van der Waals surface area contributed by atoms with Crippen LogP contribution in [0.5, 0.6) is 5.75 Å². The van der Waals surface area contributed by atoms with Crippen LogP contribution in [0, 0.1) is 9.39 Å². The predicted octanol–water partition coefficient (Wildman–Crippen LogP) is 4.09. The molecular weight excluding hydrogens is 383 g/mol. The summed E-state index contributed by atoms with van der Waals surface area (Å²) in [7, 11) is 0. The Kier molecular flexibility index (Phi) is 3.62. The molecule has 0 N–H and O–H groups in total. The van der Waals surface area contributed by atoms with Crippen molar-refractivity contribution in [3.63, 3.8) is 0 Å². The Bertz CT molecular complexity index is 352. The first kappa shape index (κ1) is 12.0. The zero-order valence-corrected chi connectivity index (χ0v) is 10.1. The molecule has 0 radical (unpaired) electrons. The van der Waals surface area contributed by atoms with Crippen molar-refractivity contribution in [1.29, 1.82) is 0 Å². The summed E-state index contributed by atoms with van der Waals surface area (Å²) < 4.78 is 51.9. The molecule has 0 aliphatic carbocycles. The summed E-state index contributed by atoms with van der Waals surface area (Å²) in [5.41, 5.74) is 0. The van der Waals surface area contributed by atoms with Gasteiger partial charge in [-0.25, -0.2) is 4.39 Å². The molecule has 0 amide bonds. The van der Waals surface area contributed by atoms with Crippen LogP contribution in [-0.2, 0) is 0 Å². The topological polar surface area (TPSA) is 9.23 Å². The van der Waals surface area contributed by atoms with Crippen LogP contribution < -0.4 is 4.74 Å². The minimum Gasteiger partial charge on any atom is -0.403 e. The molecule has 1 rings (SSSR count). The van der Waals surface area contributed by atoms with E-state index in [2.05, 4.69) is 20.7 Å². The summed E-state index contributed by atoms with van der Waals surface area (Å²) in [5, 5.41) is 0. The van der Waals surface area contributed by atoms with E-state index < -0.39 is 17.9 Å². The maximum Gasteiger partial charge on any atom is 0.573 e. The summed E-state index contributed by atoms with van der Waals surface area (Å²) in [6.45, 7) is 0. The molecule has 0 fully saturated rings. The summed E-state index contributed by atoms with van der Waals surface area (Å²) in [6, 6.07) is 2.25. The molecule has 1 aromatic carbocycles. The Labute approximate surface area is 98.7 Å². The molecule has 0 aromatic heterocycles. The first-order chi connectivity index (χ1) is 6.31. The van der Waals surface area contributed by atoms with Crippen LogP contribution in [0.25, 0.3) is 0 Å². The second-order valence-corrected chi connectivity index (χ2v) is 4.18. The van der Waals surface area contributed by atoms with Gasteiger partial charge in [0, 0.05) is 0 Å². The molecule has 0 bridgehead atoms. The van der Waals surface area contributed by atoms with Gasteiger partial charge in [-0.05, 0) is 50.7 Å². The van der Waals surface area contributed by atoms with Crippen LogP contribution in [0.4, 0.5) is 17.6 Å². The Balaban J connectivity index is 3.13. The van der Waals surface area contributed by atoms with E-state index >= 15 is 0 Å². The lowest BCUT2D eigenvalue weighted by atomic mass is 10.3. The summed E-state index contributed by atoms with van der Waals surface area (Å²) >= 11 is 4.30. The van der Waals surface area contributed by atoms with Crippen molar-refractivity contribution >= 4 is 38.5 Å². The number of rotatable bonds is 1. The highest BCUT2D eigenvalue weighted by Gasteiger charge is 2.33. The third kappa shape index (κ3) is 2.97. The zero-order chi connectivity index (χ0) is 10.9. The molecule has 1 aromatic rings. The van der Waals surface area contributed by atoms with Crippen LogP contribution in [0.1, 0.15) is 0 Å².